The number of carbonyl (C=O) groups excluding carboxylic acids is 1. The largest absolute Gasteiger partial charge is 0.337 e. The van der Waals surface area contributed by atoms with Crippen LogP contribution in [-0.4, -0.2) is 45.4 Å². The summed E-state index contributed by atoms with van der Waals surface area (Å²) in [5.74, 6) is -0.158. The number of aryl methyl sites for hydroxylation is 2. The van der Waals surface area contributed by atoms with Crippen LogP contribution < -0.4 is 10.0 Å². The van der Waals surface area contributed by atoms with E-state index in [1.54, 1.807) is 30.1 Å². The van der Waals surface area contributed by atoms with E-state index in [4.69, 9.17) is 0 Å². The van der Waals surface area contributed by atoms with Crippen molar-refractivity contribution in [2.24, 2.45) is 0 Å². The van der Waals surface area contributed by atoms with Gasteiger partial charge in [0, 0.05) is 25.2 Å². The Kier molecular flexibility index (Phi) is 5.53. The Bertz CT molecular complexity index is 951. The maximum absolute atomic E-state index is 12.9. The highest BCUT2D eigenvalue weighted by Gasteiger charge is 2.26. The monoisotopic (exact) mass is 387 g/mol. The Labute approximate surface area is 160 Å². The van der Waals surface area contributed by atoms with Gasteiger partial charge in [-0.2, -0.15) is 0 Å². The minimum atomic E-state index is -3.79. The number of amides is 1. The molecule has 0 bridgehead atoms. The normalized spacial score (nSPS) is 16.9. The van der Waals surface area contributed by atoms with E-state index in [-0.39, 0.29) is 16.8 Å². The smallest absolute Gasteiger partial charge is 0.261 e. The molecule has 1 fully saturated rings. The first-order chi connectivity index (χ1) is 12.8. The second-order valence-corrected chi connectivity index (χ2v) is 8.64. The van der Waals surface area contributed by atoms with Gasteiger partial charge in [0.05, 0.1) is 10.6 Å². The van der Waals surface area contributed by atoms with E-state index in [2.05, 4.69) is 10.0 Å². The number of sulfonamides is 1. The zero-order valence-electron chi connectivity index (χ0n) is 15.8. The van der Waals surface area contributed by atoms with E-state index in [1.807, 2.05) is 26.0 Å². The zero-order valence-corrected chi connectivity index (χ0v) is 16.6. The maximum atomic E-state index is 12.9. The lowest BCUT2D eigenvalue weighted by Crippen LogP contribution is -2.38. The number of nitrogens with zero attached hydrogens (tertiary/aromatic N) is 1. The third-order valence-corrected chi connectivity index (χ3v) is 6.40. The van der Waals surface area contributed by atoms with Crippen LogP contribution in [0.1, 0.15) is 27.9 Å². The molecule has 0 aromatic heterocycles. The van der Waals surface area contributed by atoms with Gasteiger partial charge in [0.1, 0.15) is 0 Å². The highest BCUT2D eigenvalue weighted by atomic mass is 32.2. The lowest BCUT2D eigenvalue weighted by molar-refractivity contribution is 0.0743. The molecule has 2 aromatic carbocycles. The van der Waals surface area contributed by atoms with Gasteiger partial charge in [-0.15, -0.1) is 0 Å². The van der Waals surface area contributed by atoms with Gasteiger partial charge < -0.3 is 10.2 Å². The number of para-hydroxylation sites is 1. The predicted octanol–water partition coefficient (Wildman–Crippen LogP) is 2.54. The van der Waals surface area contributed by atoms with Crippen LogP contribution in [0.5, 0.6) is 0 Å². The molecule has 1 atom stereocenters. The molecule has 2 aromatic rings. The zero-order chi connectivity index (χ0) is 19.6. The fraction of sp³-hybridized carbons (Fsp3) is 0.350. The third-order valence-electron chi connectivity index (χ3n) is 5.04. The van der Waals surface area contributed by atoms with E-state index < -0.39 is 10.0 Å². The number of hydrogen-bond acceptors (Lipinski definition) is 4. The standard InChI is InChI=1S/C20H25N3O3S/c1-14-8-9-17(27(25,26)22-19-7-5-4-6-15(19)2)12-18(14)20(24)23(3)16-10-11-21-13-16/h4-9,12,16,21-22H,10-11,13H2,1-3H3. The highest BCUT2D eigenvalue weighted by Crippen LogP contribution is 2.23. The fourth-order valence-corrected chi connectivity index (χ4v) is 4.37. The number of anilines is 1. The van der Waals surface area contributed by atoms with Gasteiger partial charge in [0.2, 0.25) is 0 Å². The van der Waals surface area contributed by atoms with E-state index in [0.29, 0.717) is 11.3 Å². The SMILES string of the molecule is Cc1ccccc1NS(=O)(=O)c1ccc(C)c(C(=O)N(C)C2CCNC2)c1. The number of carbonyl (C=O) groups is 1. The summed E-state index contributed by atoms with van der Waals surface area (Å²) in [6.45, 7) is 5.30. The molecule has 2 N–H and O–H groups in total. The molecule has 1 amide bonds. The summed E-state index contributed by atoms with van der Waals surface area (Å²) in [6.07, 6.45) is 0.897. The van der Waals surface area contributed by atoms with Crippen molar-refractivity contribution in [2.45, 2.75) is 31.2 Å². The van der Waals surface area contributed by atoms with Gasteiger partial charge in [-0.05, 0) is 56.1 Å². The van der Waals surface area contributed by atoms with Gasteiger partial charge >= 0.3 is 0 Å². The Morgan fingerprint density at radius 1 is 1.15 bits per heavy atom. The average Bonchev–Trinajstić information content (AvgIpc) is 3.17. The van der Waals surface area contributed by atoms with Crippen molar-refractivity contribution in [3.8, 4) is 0 Å². The van der Waals surface area contributed by atoms with E-state index >= 15 is 0 Å². The molecule has 1 heterocycles. The summed E-state index contributed by atoms with van der Waals surface area (Å²) in [6, 6.07) is 12.0. The average molecular weight is 388 g/mol. The van der Waals surface area contributed by atoms with Gasteiger partial charge in [-0.25, -0.2) is 8.42 Å². The van der Waals surface area contributed by atoms with Crippen molar-refractivity contribution in [3.05, 3.63) is 59.2 Å². The minimum absolute atomic E-state index is 0.0812. The van der Waals surface area contributed by atoms with Crippen molar-refractivity contribution in [2.75, 3.05) is 24.9 Å². The van der Waals surface area contributed by atoms with Gasteiger partial charge in [0.15, 0.2) is 0 Å². The van der Waals surface area contributed by atoms with Crippen LogP contribution in [0, 0.1) is 13.8 Å². The molecule has 0 spiro atoms. The molecule has 27 heavy (non-hydrogen) atoms. The predicted molar refractivity (Wildman–Crippen MR) is 107 cm³/mol. The molecular formula is C20H25N3O3S. The molecular weight excluding hydrogens is 362 g/mol. The Morgan fingerprint density at radius 2 is 1.89 bits per heavy atom. The van der Waals surface area contributed by atoms with Gasteiger partial charge in [-0.3, -0.25) is 9.52 Å². The van der Waals surface area contributed by atoms with E-state index in [1.165, 1.54) is 12.1 Å². The summed E-state index contributed by atoms with van der Waals surface area (Å²) in [5.41, 5.74) is 2.53. The number of nitrogens with one attached hydrogen (secondary N) is 2. The van der Waals surface area contributed by atoms with Crippen LogP contribution in [-0.2, 0) is 10.0 Å². The van der Waals surface area contributed by atoms with Crippen molar-refractivity contribution in [1.82, 2.24) is 10.2 Å². The van der Waals surface area contributed by atoms with Crippen LogP contribution in [0.25, 0.3) is 0 Å². The number of likely N-dealkylation sites (N-methyl/N-ethyl adjacent to an activating group) is 1. The Morgan fingerprint density at radius 3 is 2.56 bits per heavy atom. The van der Waals surface area contributed by atoms with E-state index in [0.717, 1.165) is 30.6 Å². The van der Waals surface area contributed by atoms with Crippen LogP contribution in [0.3, 0.4) is 0 Å². The molecule has 0 aliphatic carbocycles. The third kappa shape index (κ3) is 4.14. The van der Waals surface area contributed by atoms with Crippen LogP contribution in [0.15, 0.2) is 47.4 Å². The first-order valence-electron chi connectivity index (χ1n) is 8.96. The topological polar surface area (TPSA) is 78.5 Å². The summed E-state index contributed by atoms with van der Waals surface area (Å²) < 4.78 is 28.3. The van der Waals surface area contributed by atoms with Crippen molar-refractivity contribution < 1.29 is 13.2 Å². The fourth-order valence-electron chi connectivity index (χ4n) is 3.22. The molecule has 1 saturated heterocycles. The van der Waals surface area contributed by atoms with Crippen molar-refractivity contribution in [3.63, 3.8) is 0 Å². The molecule has 144 valence electrons. The number of rotatable bonds is 5. The molecule has 7 heteroatoms. The maximum Gasteiger partial charge on any atom is 0.261 e. The summed E-state index contributed by atoms with van der Waals surface area (Å²) >= 11 is 0. The highest BCUT2D eigenvalue weighted by molar-refractivity contribution is 7.92. The Balaban J connectivity index is 1.90. The first-order valence-corrected chi connectivity index (χ1v) is 10.4. The second kappa shape index (κ2) is 7.70. The summed E-state index contributed by atoms with van der Waals surface area (Å²) in [4.78, 5) is 14.7. The quantitative estimate of drug-likeness (QED) is 0.826. The molecule has 0 radical (unpaired) electrons. The molecule has 6 nitrogen and oxygen atoms in total. The Hall–Kier alpha value is -2.38. The lowest BCUT2D eigenvalue weighted by Gasteiger charge is -2.24. The van der Waals surface area contributed by atoms with E-state index in [9.17, 15) is 13.2 Å². The van der Waals surface area contributed by atoms with Crippen LogP contribution >= 0.6 is 0 Å². The van der Waals surface area contributed by atoms with Crippen molar-refractivity contribution in [1.29, 1.82) is 0 Å². The first kappa shape index (κ1) is 19.4. The van der Waals surface area contributed by atoms with Gasteiger partial charge in [0.25, 0.3) is 15.9 Å². The second-order valence-electron chi connectivity index (χ2n) is 6.96. The van der Waals surface area contributed by atoms with Gasteiger partial charge in [-0.1, -0.05) is 24.3 Å². The molecule has 1 unspecified atom stereocenters. The minimum Gasteiger partial charge on any atom is -0.337 e. The summed E-state index contributed by atoms with van der Waals surface area (Å²) in [7, 11) is -2.02. The summed E-state index contributed by atoms with van der Waals surface area (Å²) in [5, 5.41) is 3.24. The molecule has 3 rings (SSSR count). The number of benzene rings is 2. The number of hydrogen-bond donors (Lipinski definition) is 2. The molecule has 0 saturated carbocycles. The lowest BCUT2D eigenvalue weighted by atomic mass is 10.1. The van der Waals surface area contributed by atoms with Crippen molar-refractivity contribution >= 4 is 21.6 Å². The molecule has 1 aliphatic rings. The molecule has 1 aliphatic heterocycles. The van der Waals surface area contributed by atoms with Crippen LogP contribution in [0.4, 0.5) is 5.69 Å². The van der Waals surface area contributed by atoms with Crippen LogP contribution in [0.2, 0.25) is 0 Å².